The SMILES string of the molecule is Cc1cc(S(=O)[O-])cc2sc(N3[C@@H]4CC[C@H]3C[C@H](OCc3c(-c5ccccc5OC(F)(F)F)noc3C3CC3)C4)nc12.[Na+]. The third-order valence-electron chi connectivity index (χ3n) is 8.35. The molecule has 1 aliphatic carbocycles. The summed E-state index contributed by atoms with van der Waals surface area (Å²) in [6, 6.07) is 9.74. The van der Waals surface area contributed by atoms with Crippen molar-refractivity contribution in [1.82, 2.24) is 10.1 Å². The first kappa shape index (κ1) is 31.0. The Bertz CT molecular complexity index is 1660. The van der Waals surface area contributed by atoms with Crippen molar-refractivity contribution in [1.29, 1.82) is 0 Å². The number of hydrogen-bond acceptors (Lipinski definition) is 9. The number of halogens is 3. The molecule has 2 aromatic heterocycles. The number of para-hydroxylation sites is 1. The summed E-state index contributed by atoms with van der Waals surface area (Å²) in [6.07, 6.45) is 0.593. The summed E-state index contributed by atoms with van der Waals surface area (Å²) >= 11 is -0.788. The molecule has 3 fully saturated rings. The van der Waals surface area contributed by atoms with Gasteiger partial charge in [-0.25, -0.2) is 4.98 Å². The first-order valence-electron chi connectivity index (χ1n) is 13.9. The Balaban J connectivity index is 0.00000329. The van der Waals surface area contributed by atoms with Crippen LogP contribution in [0.4, 0.5) is 18.3 Å². The van der Waals surface area contributed by atoms with Crippen LogP contribution in [0.5, 0.6) is 5.75 Å². The number of rotatable bonds is 8. The van der Waals surface area contributed by atoms with Crippen LogP contribution in [0.25, 0.3) is 21.5 Å². The van der Waals surface area contributed by atoms with Gasteiger partial charge in [0.25, 0.3) is 0 Å². The molecule has 4 atom stereocenters. The molecule has 4 aromatic rings. The molecule has 0 spiro atoms. The van der Waals surface area contributed by atoms with E-state index in [1.54, 1.807) is 24.3 Å². The number of nitrogens with zero attached hydrogens (tertiary/aromatic N) is 3. The maximum atomic E-state index is 13.1. The molecule has 1 unspecified atom stereocenters. The Morgan fingerprint density at radius 2 is 1.86 bits per heavy atom. The van der Waals surface area contributed by atoms with E-state index in [1.807, 2.05) is 6.92 Å². The van der Waals surface area contributed by atoms with Gasteiger partial charge in [0.2, 0.25) is 0 Å². The Labute approximate surface area is 274 Å². The summed E-state index contributed by atoms with van der Waals surface area (Å²) in [5, 5.41) is 5.08. The molecule has 2 bridgehead atoms. The summed E-state index contributed by atoms with van der Waals surface area (Å²) in [4.78, 5) is 7.52. The van der Waals surface area contributed by atoms with Crippen molar-refractivity contribution >= 4 is 37.8 Å². The van der Waals surface area contributed by atoms with E-state index in [-0.39, 0.29) is 76.5 Å². The van der Waals surface area contributed by atoms with Gasteiger partial charge in [-0.3, -0.25) is 4.21 Å². The van der Waals surface area contributed by atoms with Crippen molar-refractivity contribution in [3.63, 3.8) is 0 Å². The van der Waals surface area contributed by atoms with Crippen molar-refractivity contribution in [2.24, 2.45) is 0 Å². The predicted molar refractivity (Wildman–Crippen MR) is 149 cm³/mol. The van der Waals surface area contributed by atoms with E-state index in [1.165, 1.54) is 23.5 Å². The second-order valence-corrected chi connectivity index (χ2v) is 13.2. The monoisotopic (exact) mass is 641 g/mol. The molecule has 4 heterocycles. The Kier molecular flexibility index (Phi) is 8.70. The molecule has 0 radical (unpaired) electrons. The Hall–Kier alpha value is -2.00. The number of aromatic nitrogens is 2. The molecule has 3 aliphatic rings. The van der Waals surface area contributed by atoms with E-state index in [0.29, 0.717) is 17.0 Å². The van der Waals surface area contributed by atoms with Gasteiger partial charge in [-0.1, -0.05) is 28.6 Å². The topological polar surface area (TPSA) is 101 Å². The second-order valence-electron chi connectivity index (χ2n) is 11.2. The van der Waals surface area contributed by atoms with Crippen molar-refractivity contribution in [2.45, 2.75) is 87.4 Å². The number of ether oxygens (including phenoxy) is 2. The summed E-state index contributed by atoms with van der Waals surface area (Å²) in [6.45, 7) is 2.06. The molecule has 2 aliphatic heterocycles. The van der Waals surface area contributed by atoms with Crippen LogP contribution in [0.15, 0.2) is 45.8 Å². The van der Waals surface area contributed by atoms with Gasteiger partial charge in [-0.2, -0.15) is 0 Å². The van der Waals surface area contributed by atoms with Crippen LogP contribution in [-0.2, 0) is 22.4 Å². The maximum absolute atomic E-state index is 13.1. The number of aryl methyl sites for hydroxylation is 1. The van der Waals surface area contributed by atoms with Gasteiger partial charge in [0, 0.05) is 34.0 Å². The third kappa shape index (κ3) is 6.27. The molecule has 43 heavy (non-hydrogen) atoms. The molecule has 1 saturated carbocycles. The number of anilines is 1. The largest absolute Gasteiger partial charge is 1.00 e. The van der Waals surface area contributed by atoms with Crippen molar-refractivity contribution in [3.05, 3.63) is 53.3 Å². The number of piperidine rings is 1. The van der Waals surface area contributed by atoms with Crippen molar-refractivity contribution in [2.75, 3.05) is 4.90 Å². The quantitative estimate of drug-likeness (QED) is 0.210. The van der Waals surface area contributed by atoms with Crippen molar-refractivity contribution < 1.29 is 65.5 Å². The molecule has 0 amide bonds. The zero-order valence-corrected chi connectivity index (χ0v) is 27.2. The van der Waals surface area contributed by atoms with Gasteiger partial charge >= 0.3 is 35.9 Å². The van der Waals surface area contributed by atoms with Gasteiger partial charge < -0.3 is 23.4 Å². The molecular weight excluding hydrogens is 614 g/mol. The van der Waals surface area contributed by atoms with Gasteiger partial charge in [-0.15, -0.1) is 13.2 Å². The number of hydrogen-bond donors (Lipinski definition) is 0. The molecular formula is C29H27F3N3NaO5S2. The van der Waals surface area contributed by atoms with Crippen LogP contribution in [0.3, 0.4) is 0 Å². The predicted octanol–water partition coefficient (Wildman–Crippen LogP) is 3.99. The third-order valence-corrected chi connectivity index (χ3v) is 9.99. The normalized spacial score (nSPS) is 22.5. The van der Waals surface area contributed by atoms with E-state index in [0.717, 1.165) is 59.4 Å². The van der Waals surface area contributed by atoms with Gasteiger partial charge in [0.05, 0.1) is 22.9 Å². The minimum Gasteiger partial charge on any atom is -0.768 e. The van der Waals surface area contributed by atoms with Gasteiger partial charge in [0.15, 0.2) is 5.13 Å². The van der Waals surface area contributed by atoms with E-state index in [9.17, 15) is 21.9 Å². The molecule has 7 rings (SSSR count). The zero-order chi connectivity index (χ0) is 29.2. The fourth-order valence-corrected chi connectivity index (χ4v) is 8.14. The smallest absolute Gasteiger partial charge is 0.768 e. The van der Waals surface area contributed by atoms with E-state index in [4.69, 9.17) is 14.2 Å². The standard InChI is InChI=1S/C29H28F3N3O5S2.Na/c1-15-10-20(42(36)37)13-24-25(15)33-28(41-24)35-17-8-9-18(35)12-19(11-17)38-14-22-26(34-40-27(22)16-6-7-16)21-4-2-3-5-23(21)39-29(30,31)32;/h2-5,10,13,16-19H,6-9,11-12,14H2,1H3,(H,36,37);/q;+1/p-1/t17-,18+,19-;. The Morgan fingerprint density at radius 3 is 2.53 bits per heavy atom. The minimum atomic E-state index is -4.83. The van der Waals surface area contributed by atoms with E-state index in [2.05, 4.69) is 14.8 Å². The first-order valence-corrected chi connectivity index (χ1v) is 15.8. The van der Waals surface area contributed by atoms with Crippen LogP contribution < -0.4 is 39.2 Å². The van der Waals surface area contributed by atoms with E-state index >= 15 is 0 Å². The molecule has 2 aromatic carbocycles. The van der Waals surface area contributed by atoms with Crippen LogP contribution >= 0.6 is 11.3 Å². The first-order chi connectivity index (χ1) is 20.1. The molecule has 14 heteroatoms. The summed E-state index contributed by atoms with van der Waals surface area (Å²) < 4.78 is 79.7. The number of alkyl halides is 3. The van der Waals surface area contributed by atoms with Crippen LogP contribution in [0.2, 0.25) is 0 Å². The summed E-state index contributed by atoms with van der Waals surface area (Å²) in [5.74, 6) is 0.545. The molecule has 2 saturated heterocycles. The fraction of sp³-hybridized carbons (Fsp3) is 0.448. The van der Waals surface area contributed by atoms with E-state index < -0.39 is 17.4 Å². The van der Waals surface area contributed by atoms with Crippen molar-refractivity contribution in [3.8, 4) is 17.0 Å². The van der Waals surface area contributed by atoms with Crippen LogP contribution in [0, 0.1) is 6.92 Å². The number of fused-ring (bicyclic) bond motifs is 3. The molecule has 222 valence electrons. The molecule has 0 N–H and O–H groups in total. The van der Waals surface area contributed by atoms with Gasteiger partial charge in [-0.05, 0) is 86.4 Å². The number of thiazole rings is 1. The fourth-order valence-electron chi connectivity index (χ4n) is 6.35. The number of benzene rings is 2. The second kappa shape index (κ2) is 12.1. The van der Waals surface area contributed by atoms with Crippen LogP contribution in [0.1, 0.15) is 61.3 Å². The maximum Gasteiger partial charge on any atom is 1.00 e. The van der Waals surface area contributed by atoms with Gasteiger partial charge in [0.1, 0.15) is 17.2 Å². The average molecular weight is 642 g/mol. The molecule has 8 nitrogen and oxygen atoms in total. The zero-order valence-electron chi connectivity index (χ0n) is 23.6. The Morgan fingerprint density at radius 1 is 1.14 bits per heavy atom. The summed E-state index contributed by atoms with van der Waals surface area (Å²) in [7, 11) is 0. The average Bonchev–Trinajstić information content (AvgIpc) is 3.45. The minimum absolute atomic E-state index is 0. The summed E-state index contributed by atoms with van der Waals surface area (Å²) in [5.41, 5.74) is 2.87. The van der Waals surface area contributed by atoms with Crippen LogP contribution in [-0.4, -0.2) is 43.5 Å².